The maximum Gasteiger partial charge on any atom is 0.194 e. The van der Waals surface area contributed by atoms with Crippen LogP contribution in [0.4, 0.5) is 0 Å². The van der Waals surface area contributed by atoms with Crippen LogP contribution in [0.25, 0.3) is 0 Å². The number of nitrogens with one attached hydrogen (secondary N) is 1. The number of halogens is 1. The number of morpholine rings is 1. The molecule has 2 aliphatic heterocycles. The highest BCUT2D eigenvalue weighted by Gasteiger charge is 2.25. The third-order valence-corrected chi connectivity index (χ3v) is 4.67. The smallest absolute Gasteiger partial charge is 0.194 e. The van der Waals surface area contributed by atoms with Crippen LogP contribution < -0.4 is 5.32 Å². The van der Waals surface area contributed by atoms with Gasteiger partial charge >= 0.3 is 0 Å². The minimum Gasteiger partial charge on any atom is -0.370 e. The zero-order valence-electron chi connectivity index (χ0n) is 15.4. The molecular formula is C17H31IN6O. The summed E-state index contributed by atoms with van der Waals surface area (Å²) in [7, 11) is 1.94. The van der Waals surface area contributed by atoms with Gasteiger partial charge in [-0.05, 0) is 32.9 Å². The first-order valence-corrected chi connectivity index (χ1v) is 9.12. The highest BCUT2D eigenvalue weighted by Crippen LogP contribution is 2.21. The van der Waals surface area contributed by atoms with Crippen LogP contribution in [0.3, 0.4) is 0 Å². The highest BCUT2D eigenvalue weighted by atomic mass is 127. The summed E-state index contributed by atoms with van der Waals surface area (Å²) in [5.74, 6) is 1.01. The molecule has 1 aromatic rings. The number of rotatable bonds is 5. The average Bonchev–Trinajstić information content (AvgIpc) is 3.26. The quantitative estimate of drug-likeness (QED) is 0.408. The average molecular weight is 462 g/mol. The molecule has 3 heterocycles. The molecule has 0 bridgehead atoms. The first-order chi connectivity index (χ1) is 11.8. The topological polar surface area (TPSA) is 57.9 Å². The maximum atomic E-state index is 5.94. The number of likely N-dealkylation sites (tertiary alicyclic amines) is 1. The number of aliphatic imine (C=N–C) groups is 1. The molecule has 7 nitrogen and oxygen atoms in total. The molecule has 2 fully saturated rings. The normalized spacial score (nSPS) is 22.1. The molecule has 25 heavy (non-hydrogen) atoms. The van der Waals surface area contributed by atoms with E-state index in [0.717, 1.165) is 50.9 Å². The lowest BCUT2D eigenvalue weighted by atomic mass is 10.1. The van der Waals surface area contributed by atoms with Crippen LogP contribution in [0.2, 0.25) is 0 Å². The first-order valence-electron chi connectivity index (χ1n) is 9.12. The van der Waals surface area contributed by atoms with Crippen molar-refractivity contribution < 1.29 is 4.74 Å². The highest BCUT2D eigenvalue weighted by molar-refractivity contribution is 14.0. The summed E-state index contributed by atoms with van der Waals surface area (Å²) in [6.45, 7) is 9.80. The third-order valence-electron chi connectivity index (χ3n) is 4.67. The number of ether oxygens (including phenoxy) is 1. The van der Waals surface area contributed by atoms with Gasteiger partial charge in [0, 0.05) is 38.4 Å². The van der Waals surface area contributed by atoms with Gasteiger partial charge in [-0.15, -0.1) is 24.0 Å². The van der Waals surface area contributed by atoms with Crippen molar-refractivity contribution in [2.75, 3.05) is 52.4 Å². The van der Waals surface area contributed by atoms with Crippen LogP contribution >= 0.6 is 24.0 Å². The van der Waals surface area contributed by atoms with E-state index < -0.39 is 0 Å². The lowest BCUT2D eigenvalue weighted by molar-refractivity contribution is -0.00804. The Labute approximate surface area is 167 Å². The summed E-state index contributed by atoms with van der Waals surface area (Å²) < 4.78 is 7.76. The molecule has 0 aliphatic carbocycles. The van der Waals surface area contributed by atoms with Gasteiger partial charge in [0.15, 0.2) is 5.96 Å². The van der Waals surface area contributed by atoms with E-state index in [1.54, 1.807) is 0 Å². The predicted octanol–water partition coefficient (Wildman–Crippen LogP) is 1.47. The minimum absolute atomic E-state index is 0. The second kappa shape index (κ2) is 10.3. The van der Waals surface area contributed by atoms with Crippen molar-refractivity contribution in [3.8, 4) is 0 Å². The number of aryl methyl sites for hydroxylation is 1. The number of guanidine groups is 1. The molecule has 0 amide bonds. The maximum absolute atomic E-state index is 5.94. The zero-order chi connectivity index (χ0) is 16.8. The van der Waals surface area contributed by atoms with Crippen LogP contribution in [0.1, 0.15) is 31.4 Å². The van der Waals surface area contributed by atoms with Gasteiger partial charge < -0.3 is 19.9 Å². The van der Waals surface area contributed by atoms with Crippen molar-refractivity contribution in [2.45, 2.75) is 25.9 Å². The fraction of sp³-hybridized carbons (Fsp3) is 0.765. The third kappa shape index (κ3) is 5.82. The SMILES string of the molecule is CCNC(=NCCN1CCCC1)N1CCOC(c2cnn(C)c2)C1.I. The van der Waals surface area contributed by atoms with E-state index in [1.807, 2.05) is 24.1 Å². The molecule has 1 atom stereocenters. The molecular weight excluding hydrogens is 431 g/mol. The summed E-state index contributed by atoms with van der Waals surface area (Å²) in [5.41, 5.74) is 1.13. The summed E-state index contributed by atoms with van der Waals surface area (Å²) in [6, 6.07) is 0. The molecule has 1 N–H and O–H groups in total. The van der Waals surface area contributed by atoms with E-state index in [-0.39, 0.29) is 30.1 Å². The van der Waals surface area contributed by atoms with Gasteiger partial charge in [-0.3, -0.25) is 9.67 Å². The van der Waals surface area contributed by atoms with Gasteiger partial charge in [0.25, 0.3) is 0 Å². The molecule has 0 radical (unpaired) electrons. The van der Waals surface area contributed by atoms with Crippen molar-refractivity contribution in [1.29, 1.82) is 0 Å². The van der Waals surface area contributed by atoms with Crippen molar-refractivity contribution in [3.63, 3.8) is 0 Å². The molecule has 2 saturated heterocycles. The molecule has 0 spiro atoms. The van der Waals surface area contributed by atoms with Crippen molar-refractivity contribution in [2.24, 2.45) is 12.0 Å². The Kier molecular flexibility index (Phi) is 8.44. The Morgan fingerprint density at radius 2 is 2.16 bits per heavy atom. The van der Waals surface area contributed by atoms with Gasteiger partial charge in [-0.25, -0.2) is 0 Å². The van der Waals surface area contributed by atoms with Gasteiger partial charge in [-0.2, -0.15) is 5.10 Å². The van der Waals surface area contributed by atoms with Gasteiger partial charge in [0.1, 0.15) is 6.10 Å². The number of hydrogen-bond acceptors (Lipinski definition) is 4. The minimum atomic E-state index is 0. The van der Waals surface area contributed by atoms with E-state index in [9.17, 15) is 0 Å². The van der Waals surface area contributed by atoms with E-state index in [2.05, 4.69) is 27.1 Å². The van der Waals surface area contributed by atoms with Crippen molar-refractivity contribution in [1.82, 2.24) is 24.9 Å². The summed E-state index contributed by atoms with van der Waals surface area (Å²) in [4.78, 5) is 9.67. The molecule has 1 unspecified atom stereocenters. The fourth-order valence-electron chi connectivity index (χ4n) is 3.38. The monoisotopic (exact) mass is 462 g/mol. The zero-order valence-corrected chi connectivity index (χ0v) is 17.7. The van der Waals surface area contributed by atoms with Crippen LogP contribution in [-0.4, -0.2) is 78.0 Å². The number of hydrogen-bond donors (Lipinski definition) is 1. The second-order valence-corrected chi connectivity index (χ2v) is 6.54. The van der Waals surface area contributed by atoms with Gasteiger partial charge in [0.2, 0.25) is 0 Å². The first kappa shape index (κ1) is 20.4. The Morgan fingerprint density at radius 3 is 2.84 bits per heavy atom. The van der Waals surface area contributed by atoms with Crippen LogP contribution in [0, 0.1) is 0 Å². The second-order valence-electron chi connectivity index (χ2n) is 6.54. The molecule has 3 rings (SSSR count). The van der Waals surface area contributed by atoms with Gasteiger partial charge in [-0.1, -0.05) is 0 Å². The number of aromatic nitrogens is 2. The van der Waals surface area contributed by atoms with Crippen molar-refractivity contribution >= 4 is 29.9 Å². The van der Waals surface area contributed by atoms with E-state index in [4.69, 9.17) is 9.73 Å². The summed E-state index contributed by atoms with van der Waals surface area (Å²) in [5, 5.41) is 7.69. The lowest BCUT2D eigenvalue weighted by Gasteiger charge is -2.34. The molecule has 0 saturated carbocycles. The van der Waals surface area contributed by atoms with Crippen LogP contribution in [-0.2, 0) is 11.8 Å². The Morgan fingerprint density at radius 1 is 1.36 bits per heavy atom. The molecule has 2 aliphatic rings. The molecule has 142 valence electrons. The largest absolute Gasteiger partial charge is 0.370 e. The molecule has 0 aromatic carbocycles. The van der Waals surface area contributed by atoms with E-state index in [0.29, 0.717) is 0 Å². The van der Waals surface area contributed by atoms with Gasteiger partial charge in [0.05, 0.1) is 25.9 Å². The molecule has 1 aromatic heterocycles. The Balaban J connectivity index is 0.00000225. The fourth-order valence-corrected chi connectivity index (χ4v) is 3.38. The van der Waals surface area contributed by atoms with Crippen molar-refractivity contribution in [3.05, 3.63) is 18.0 Å². The molecule has 8 heteroatoms. The van der Waals surface area contributed by atoms with Crippen LogP contribution in [0.15, 0.2) is 17.4 Å². The van der Waals surface area contributed by atoms with Crippen LogP contribution in [0.5, 0.6) is 0 Å². The number of nitrogens with zero attached hydrogens (tertiary/aromatic N) is 5. The Bertz CT molecular complexity index is 543. The summed E-state index contributed by atoms with van der Waals surface area (Å²) in [6.07, 6.45) is 6.66. The lowest BCUT2D eigenvalue weighted by Crippen LogP contribution is -2.48. The Hall–Kier alpha value is -0.870. The summed E-state index contributed by atoms with van der Waals surface area (Å²) >= 11 is 0. The van der Waals surface area contributed by atoms with E-state index in [1.165, 1.54) is 25.9 Å². The standard InChI is InChI=1S/C17H30N6O.HI/c1-3-18-17(19-6-9-22-7-4-5-8-22)23-10-11-24-16(14-23)15-12-20-21(2)13-15;/h12-13,16H,3-11,14H2,1-2H3,(H,18,19);1H. The van der Waals surface area contributed by atoms with E-state index >= 15 is 0 Å². The predicted molar refractivity (Wildman–Crippen MR) is 111 cm³/mol.